The highest BCUT2D eigenvalue weighted by molar-refractivity contribution is 6.19. The summed E-state index contributed by atoms with van der Waals surface area (Å²) in [5.74, 6) is 0.488. The highest BCUT2D eigenvalue weighted by Crippen LogP contribution is 2.33. The third-order valence-electron chi connectivity index (χ3n) is 2.98. The summed E-state index contributed by atoms with van der Waals surface area (Å²) in [4.78, 5) is 11.8. The molecule has 2 nitrogen and oxygen atoms in total. The zero-order valence-electron chi connectivity index (χ0n) is 8.50. The van der Waals surface area contributed by atoms with Gasteiger partial charge in [0.25, 0.3) is 5.91 Å². The van der Waals surface area contributed by atoms with Crippen LogP contribution in [0, 0.1) is 0 Å². The van der Waals surface area contributed by atoms with E-state index in [0.717, 1.165) is 19.3 Å². The van der Waals surface area contributed by atoms with E-state index in [4.69, 9.17) is 11.6 Å². The normalized spacial score (nSPS) is 17.9. The molecule has 0 radical (unpaired) electrons. The van der Waals surface area contributed by atoms with Gasteiger partial charge in [-0.1, -0.05) is 18.2 Å². The van der Waals surface area contributed by atoms with E-state index in [1.807, 2.05) is 30.3 Å². The van der Waals surface area contributed by atoms with Crippen molar-refractivity contribution in [1.82, 2.24) is 5.32 Å². The highest BCUT2D eigenvalue weighted by Gasteiger charge is 2.37. The minimum Gasteiger partial charge on any atom is -0.345 e. The second-order valence-electron chi connectivity index (χ2n) is 4.09. The van der Waals surface area contributed by atoms with Crippen LogP contribution >= 0.6 is 11.6 Å². The number of carbonyl (C=O) groups is 1. The van der Waals surface area contributed by atoms with Crippen LogP contribution in [0.3, 0.4) is 0 Å². The molecule has 15 heavy (non-hydrogen) atoms. The van der Waals surface area contributed by atoms with Crippen LogP contribution in [0.15, 0.2) is 30.3 Å². The largest absolute Gasteiger partial charge is 0.345 e. The highest BCUT2D eigenvalue weighted by atomic mass is 35.5. The lowest BCUT2D eigenvalue weighted by Crippen LogP contribution is -2.54. The molecule has 1 aliphatic carbocycles. The molecular formula is C12H14ClNO. The molecule has 3 heteroatoms. The first-order chi connectivity index (χ1) is 7.26. The van der Waals surface area contributed by atoms with Gasteiger partial charge in [-0.15, -0.1) is 11.6 Å². The molecule has 0 saturated heterocycles. The van der Waals surface area contributed by atoms with Gasteiger partial charge in [0, 0.05) is 11.4 Å². The molecule has 80 valence electrons. The fraction of sp³-hybridized carbons (Fsp3) is 0.417. The number of carbonyl (C=O) groups excluding carboxylic acids is 1. The lowest BCUT2D eigenvalue weighted by molar-refractivity contribution is 0.0854. The third kappa shape index (κ3) is 2.15. The number of halogens is 1. The molecule has 0 heterocycles. The third-order valence-corrected chi connectivity index (χ3v) is 3.49. The van der Waals surface area contributed by atoms with E-state index in [1.165, 1.54) is 0 Å². The number of hydrogen-bond acceptors (Lipinski definition) is 1. The Balaban J connectivity index is 2.04. The van der Waals surface area contributed by atoms with Crippen LogP contribution in [0.4, 0.5) is 0 Å². The molecule has 1 aliphatic rings. The van der Waals surface area contributed by atoms with Gasteiger partial charge in [-0.2, -0.15) is 0 Å². The molecule has 2 rings (SSSR count). The van der Waals surface area contributed by atoms with Crippen molar-refractivity contribution in [3.05, 3.63) is 35.9 Å². The molecule has 0 aliphatic heterocycles. The van der Waals surface area contributed by atoms with Crippen LogP contribution in [-0.4, -0.2) is 17.3 Å². The van der Waals surface area contributed by atoms with Crippen molar-refractivity contribution in [2.24, 2.45) is 0 Å². The zero-order chi connectivity index (χ0) is 10.7. The van der Waals surface area contributed by atoms with Crippen molar-refractivity contribution in [2.75, 3.05) is 5.88 Å². The summed E-state index contributed by atoms with van der Waals surface area (Å²) in [6, 6.07) is 9.26. The molecule has 0 aromatic heterocycles. The van der Waals surface area contributed by atoms with E-state index in [1.54, 1.807) is 0 Å². The maximum Gasteiger partial charge on any atom is 0.251 e. The maximum absolute atomic E-state index is 11.8. The molecule has 1 fully saturated rings. The van der Waals surface area contributed by atoms with Gasteiger partial charge < -0.3 is 5.32 Å². The number of benzene rings is 1. The van der Waals surface area contributed by atoms with Crippen LogP contribution in [0.25, 0.3) is 0 Å². The Morgan fingerprint density at radius 1 is 1.33 bits per heavy atom. The summed E-state index contributed by atoms with van der Waals surface area (Å²) in [6.45, 7) is 0. The Morgan fingerprint density at radius 3 is 2.47 bits per heavy atom. The number of alkyl halides is 1. The number of rotatable bonds is 3. The number of hydrogen-bond donors (Lipinski definition) is 1. The van der Waals surface area contributed by atoms with Gasteiger partial charge in [0.15, 0.2) is 0 Å². The molecule has 1 saturated carbocycles. The quantitative estimate of drug-likeness (QED) is 0.785. The molecule has 0 spiro atoms. The summed E-state index contributed by atoms with van der Waals surface area (Å²) in [5, 5.41) is 3.02. The fourth-order valence-corrected chi connectivity index (χ4v) is 2.13. The second kappa shape index (κ2) is 4.23. The molecule has 0 unspecified atom stereocenters. The Labute approximate surface area is 94.6 Å². The van der Waals surface area contributed by atoms with E-state index in [9.17, 15) is 4.79 Å². The van der Waals surface area contributed by atoms with E-state index in [-0.39, 0.29) is 11.4 Å². The van der Waals surface area contributed by atoms with E-state index in [0.29, 0.717) is 11.4 Å². The van der Waals surface area contributed by atoms with Crippen molar-refractivity contribution >= 4 is 17.5 Å². The van der Waals surface area contributed by atoms with Gasteiger partial charge in [0.05, 0.1) is 5.54 Å². The summed E-state index contributed by atoms with van der Waals surface area (Å²) in [7, 11) is 0. The fourth-order valence-electron chi connectivity index (χ4n) is 1.80. The zero-order valence-corrected chi connectivity index (χ0v) is 9.26. The van der Waals surface area contributed by atoms with Gasteiger partial charge in [0.1, 0.15) is 0 Å². The minimum atomic E-state index is -0.144. The predicted molar refractivity (Wildman–Crippen MR) is 61.2 cm³/mol. The molecule has 1 amide bonds. The minimum absolute atomic E-state index is 0.0176. The van der Waals surface area contributed by atoms with Crippen molar-refractivity contribution in [1.29, 1.82) is 0 Å². The SMILES string of the molecule is O=C(NC1(CCl)CCC1)c1ccccc1. The van der Waals surface area contributed by atoms with Crippen molar-refractivity contribution in [2.45, 2.75) is 24.8 Å². The first-order valence-corrected chi connectivity index (χ1v) is 5.73. The maximum atomic E-state index is 11.8. The summed E-state index contributed by atoms with van der Waals surface area (Å²) >= 11 is 5.88. The lowest BCUT2D eigenvalue weighted by Gasteiger charge is -2.41. The topological polar surface area (TPSA) is 29.1 Å². The van der Waals surface area contributed by atoms with Crippen LogP contribution in [0.2, 0.25) is 0 Å². The standard InChI is InChI=1S/C12H14ClNO/c13-9-12(7-4-8-12)14-11(15)10-5-2-1-3-6-10/h1-3,5-6H,4,7-9H2,(H,14,15). The molecule has 1 aromatic carbocycles. The van der Waals surface area contributed by atoms with Crippen molar-refractivity contribution in [3.63, 3.8) is 0 Å². The van der Waals surface area contributed by atoms with Gasteiger partial charge in [-0.05, 0) is 31.4 Å². The summed E-state index contributed by atoms with van der Waals surface area (Å²) < 4.78 is 0. The molecular weight excluding hydrogens is 210 g/mol. The van der Waals surface area contributed by atoms with Crippen LogP contribution < -0.4 is 5.32 Å². The van der Waals surface area contributed by atoms with Crippen LogP contribution in [0.1, 0.15) is 29.6 Å². The van der Waals surface area contributed by atoms with Crippen LogP contribution in [-0.2, 0) is 0 Å². The number of nitrogens with one attached hydrogen (secondary N) is 1. The van der Waals surface area contributed by atoms with Crippen molar-refractivity contribution in [3.8, 4) is 0 Å². The Bertz CT molecular complexity index is 340. The summed E-state index contributed by atoms with van der Waals surface area (Å²) in [5.41, 5.74) is 0.558. The predicted octanol–water partition coefficient (Wildman–Crippen LogP) is 2.58. The van der Waals surface area contributed by atoms with Gasteiger partial charge in [-0.25, -0.2) is 0 Å². The summed E-state index contributed by atoms with van der Waals surface area (Å²) in [6.07, 6.45) is 3.14. The Kier molecular flexibility index (Phi) is 2.96. The molecule has 0 bridgehead atoms. The number of amides is 1. The first-order valence-electron chi connectivity index (χ1n) is 5.19. The smallest absolute Gasteiger partial charge is 0.251 e. The van der Waals surface area contributed by atoms with Gasteiger partial charge in [0.2, 0.25) is 0 Å². The lowest BCUT2D eigenvalue weighted by atomic mass is 9.78. The van der Waals surface area contributed by atoms with Gasteiger partial charge >= 0.3 is 0 Å². The monoisotopic (exact) mass is 223 g/mol. The van der Waals surface area contributed by atoms with E-state index < -0.39 is 0 Å². The average molecular weight is 224 g/mol. The average Bonchev–Trinajstić information content (AvgIpc) is 2.24. The van der Waals surface area contributed by atoms with E-state index >= 15 is 0 Å². The first kappa shape index (κ1) is 10.5. The van der Waals surface area contributed by atoms with E-state index in [2.05, 4.69) is 5.32 Å². The second-order valence-corrected chi connectivity index (χ2v) is 4.35. The molecule has 1 N–H and O–H groups in total. The Hall–Kier alpha value is -1.02. The Morgan fingerprint density at radius 2 is 2.00 bits per heavy atom. The molecule has 0 atom stereocenters. The van der Waals surface area contributed by atoms with Gasteiger partial charge in [-0.3, -0.25) is 4.79 Å². The molecule has 1 aromatic rings. The van der Waals surface area contributed by atoms with Crippen LogP contribution in [0.5, 0.6) is 0 Å². The van der Waals surface area contributed by atoms with Crippen molar-refractivity contribution < 1.29 is 4.79 Å².